The minimum atomic E-state index is -0.460. The van der Waals surface area contributed by atoms with Gasteiger partial charge in [0.2, 0.25) is 0 Å². The number of halogens is 1. The van der Waals surface area contributed by atoms with Crippen molar-refractivity contribution in [1.82, 2.24) is 0 Å². The Morgan fingerprint density at radius 3 is 2.82 bits per heavy atom. The smallest absolute Gasteiger partial charge is 0.119 e. The van der Waals surface area contributed by atoms with E-state index in [2.05, 4.69) is 15.9 Å². The number of hydrogen-bond acceptors (Lipinski definition) is 3. The first-order chi connectivity index (χ1) is 8.19. The first-order valence-corrected chi connectivity index (χ1v) is 6.86. The molecule has 0 bridgehead atoms. The van der Waals surface area contributed by atoms with E-state index in [-0.39, 0.29) is 0 Å². The second-order valence-electron chi connectivity index (χ2n) is 3.71. The molecule has 0 radical (unpaired) electrons. The Morgan fingerprint density at radius 1 is 1.35 bits per heavy atom. The molecule has 0 saturated carbocycles. The molecule has 0 saturated heterocycles. The standard InChI is InChI=1S/C13H13BrO2S/c1-16-10-4-2-3-9(7-10)8-11(15)12-5-6-13(14)17-12/h2-7,11,15H,8H2,1H3. The molecule has 1 aromatic heterocycles. The molecular weight excluding hydrogens is 300 g/mol. The van der Waals surface area contributed by atoms with Crippen LogP contribution in [0.25, 0.3) is 0 Å². The first-order valence-electron chi connectivity index (χ1n) is 5.25. The molecule has 0 aliphatic rings. The van der Waals surface area contributed by atoms with Gasteiger partial charge in [0.25, 0.3) is 0 Å². The normalized spacial score (nSPS) is 12.4. The van der Waals surface area contributed by atoms with Gasteiger partial charge in [0, 0.05) is 11.3 Å². The predicted molar refractivity (Wildman–Crippen MR) is 73.7 cm³/mol. The maximum absolute atomic E-state index is 10.1. The van der Waals surface area contributed by atoms with Crippen LogP contribution in [0.5, 0.6) is 5.75 Å². The van der Waals surface area contributed by atoms with Crippen molar-refractivity contribution in [2.24, 2.45) is 0 Å². The molecule has 1 N–H and O–H groups in total. The highest BCUT2D eigenvalue weighted by Crippen LogP contribution is 2.29. The van der Waals surface area contributed by atoms with Gasteiger partial charge < -0.3 is 9.84 Å². The van der Waals surface area contributed by atoms with E-state index in [0.29, 0.717) is 6.42 Å². The van der Waals surface area contributed by atoms with Gasteiger partial charge in [-0.2, -0.15) is 0 Å². The summed E-state index contributed by atoms with van der Waals surface area (Å²) in [6.45, 7) is 0. The molecule has 2 aromatic rings. The Morgan fingerprint density at radius 2 is 2.18 bits per heavy atom. The Balaban J connectivity index is 2.09. The van der Waals surface area contributed by atoms with Gasteiger partial charge >= 0.3 is 0 Å². The van der Waals surface area contributed by atoms with Crippen LogP contribution in [0.1, 0.15) is 16.5 Å². The van der Waals surface area contributed by atoms with Crippen LogP contribution in [0, 0.1) is 0 Å². The lowest BCUT2D eigenvalue weighted by molar-refractivity contribution is 0.182. The Labute approximate surface area is 113 Å². The van der Waals surface area contributed by atoms with Crippen molar-refractivity contribution in [3.8, 4) is 5.75 Å². The molecule has 0 aliphatic carbocycles. The minimum absolute atomic E-state index is 0.460. The van der Waals surface area contributed by atoms with Gasteiger partial charge in [-0.3, -0.25) is 0 Å². The van der Waals surface area contributed by atoms with E-state index in [9.17, 15) is 5.11 Å². The number of aliphatic hydroxyl groups is 1. The lowest BCUT2D eigenvalue weighted by atomic mass is 10.1. The van der Waals surface area contributed by atoms with Gasteiger partial charge in [0.05, 0.1) is 17.0 Å². The van der Waals surface area contributed by atoms with Crippen molar-refractivity contribution in [2.45, 2.75) is 12.5 Å². The summed E-state index contributed by atoms with van der Waals surface area (Å²) in [5.74, 6) is 0.821. The van der Waals surface area contributed by atoms with Crippen molar-refractivity contribution in [3.63, 3.8) is 0 Å². The summed E-state index contributed by atoms with van der Waals surface area (Å²) in [7, 11) is 1.64. The lowest BCUT2D eigenvalue weighted by Gasteiger charge is -2.09. The largest absolute Gasteiger partial charge is 0.497 e. The maximum atomic E-state index is 10.1. The van der Waals surface area contributed by atoms with E-state index in [4.69, 9.17) is 4.74 Å². The lowest BCUT2D eigenvalue weighted by Crippen LogP contribution is -1.99. The highest BCUT2D eigenvalue weighted by Gasteiger charge is 2.11. The first kappa shape index (κ1) is 12.6. The third kappa shape index (κ3) is 3.31. The topological polar surface area (TPSA) is 29.5 Å². The zero-order valence-electron chi connectivity index (χ0n) is 9.39. The van der Waals surface area contributed by atoms with Crippen LogP contribution in [0.15, 0.2) is 40.2 Å². The van der Waals surface area contributed by atoms with Crippen molar-refractivity contribution in [2.75, 3.05) is 7.11 Å². The second kappa shape index (κ2) is 5.67. The monoisotopic (exact) mass is 312 g/mol. The fourth-order valence-corrected chi connectivity index (χ4v) is 3.04. The second-order valence-corrected chi connectivity index (χ2v) is 6.21. The van der Waals surface area contributed by atoms with Crippen LogP contribution in [0.2, 0.25) is 0 Å². The van der Waals surface area contributed by atoms with Crippen LogP contribution < -0.4 is 4.74 Å². The summed E-state index contributed by atoms with van der Waals surface area (Å²) < 4.78 is 6.20. The van der Waals surface area contributed by atoms with Crippen molar-refractivity contribution < 1.29 is 9.84 Å². The van der Waals surface area contributed by atoms with Crippen LogP contribution in [-0.4, -0.2) is 12.2 Å². The molecule has 17 heavy (non-hydrogen) atoms. The van der Waals surface area contributed by atoms with Gasteiger partial charge in [0.15, 0.2) is 0 Å². The number of thiophene rings is 1. The fraction of sp³-hybridized carbons (Fsp3) is 0.231. The van der Waals surface area contributed by atoms with E-state index in [0.717, 1.165) is 20.0 Å². The summed E-state index contributed by atoms with van der Waals surface area (Å²) in [4.78, 5) is 0.972. The highest BCUT2D eigenvalue weighted by atomic mass is 79.9. The van der Waals surface area contributed by atoms with Crippen LogP contribution in [-0.2, 0) is 6.42 Å². The van der Waals surface area contributed by atoms with Crippen LogP contribution in [0.3, 0.4) is 0 Å². The minimum Gasteiger partial charge on any atom is -0.497 e. The zero-order valence-corrected chi connectivity index (χ0v) is 11.8. The number of benzene rings is 1. The SMILES string of the molecule is COc1cccc(CC(O)c2ccc(Br)s2)c1. The molecule has 0 aliphatic heterocycles. The van der Waals surface area contributed by atoms with Gasteiger partial charge in [-0.25, -0.2) is 0 Å². The molecule has 2 nitrogen and oxygen atoms in total. The van der Waals surface area contributed by atoms with Gasteiger partial charge in [-0.15, -0.1) is 11.3 Å². The van der Waals surface area contributed by atoms with E-state index >= 15 is 0 Å². The Hall–Kier alpha value is -0.840. The van der Waals surface area contributed by atoms with Crippen molar-refractivity contribution in [3.05, 3.63) is 50.6 Å². The van der Waals surface area contributed by atoms with E-state index in [1.165, 1.54) is 0 Å². The van der Waals surface area contributed by atoms with Crippen molar-refractivity contribution in [1.29, 1.82) is 0 Å². The number of methoxy groups -OCH3 is 1. The molecule has 1 unspecified atom stereocenters. The van der Waals surface area contributed by atoms with Gasteiger partial charge in [-0.1, -0.05) is 12.1 Å². The average molecular weight is 313 g/mol. The molecule has 4 heteroatoms. The fourth-order valence-electron chi connectivity index (χ4n) is 1.63. The third-order valence-corrected chi connectivity index (χ3v) is 4.21. The van der Waals surface area contributed by atoms with E-state index in [1.807, 2.05) is 36.4 Å². The van der Waals surface area contributed by atoms with Crippen molar-refractivity contribution >= 4 is 27.3 Å². The summed E-state index contributed by atoms with van der Waals surface area (Å²) in [5, 5.41) is 10.1. The highest BCUT2D eigenvalue weighted by molar-refractivity contribution is 9.11. The molecule has 2 rings (SSSR count). The molecule has 0 fully saturated rings. The summed E-state index contributed by atoms with van der Waals surface area (Å²) >= 11 is 4.96. The Bertz CT molecular complexity index is 496. The molecule has 1 atom stereocenters. The summed E-state index contributed by atoms with van der Waals surface area (Å²) in [5.41, 5.74) is 1.07. The predicted octanol–water partition coefficient (Wildman–Crippen LogP) is 3.80. The van der Waals surface area contributed by atoms with Gasteiger partial charge in [-0.05, 0) is 45.8 Å². The molecule has 0 spiro atoms. The van der Waals surface area contributed by atoms with Gasteiger partial charge in [0.1, 0.15) is 5.75 Å². The number of rotatable bonds is 4. The molecule has 1 heterocycles. The van der Waals surface area contributed by atoms with E-state index < -0.39 is 6.10 Å². The number of hydrogen-bond donors (Lipinski definition) is 1. The molecular formula is C13H13BrO2S. The Kier molecular flexibility index (Phi) is 4.20. The molecule has 1 aromatic carbocycles. The maximum Gasteiger partial charge on any atom is 0.119 e. The van der Waals surface area contributed by atoms with E-state index in [1.54, 1.807) is 18.4 Å². The average Bonchev–Trinajstić information content (AvgIpc) is 2.76. The van der Waals surface area contributed by atoms with Crippen LogP contribution in [0.4, 0.5) is 0 Å². The molecule has 0 amide bonds. The summed E-state index contributed by atoms with van der Waals surface area (Å²) in [6.07, 6.45) is 0.142. The molecule has 90 valence electrons. The van der Waals surface area contributed by atoms with Crippen LogP contribution >= 0.6 is 27.3 Å². The quantitative estimate of drug-likeness (QED) is 0.930. The number of ether oxygens (including phenoxy) is 1. The zero-order chi connectivity index (χ0) is 12.3. The number of aliphatic hydroxyl groups excluding tert-OH is 1. The summed E-state index contributed by atoms with van der Waals surface area (Å²) in [6, 6.07) is 11.7. The third-order valence-electron chi connectivity index (χ3n) is 2.49.